The van der Waals surface area contributed by atoms with E-state index in [1.807, 2.05) is 6.07 Å². The molecule has 2 nitrogen and oxygen atoms in total. The minimum absolute atomic E-state index is 0.332. The average Bonchev–Trinajstić information content (AvgIpc) is 3.01. The molecule has 2 aromatic rings. The third-order valence-electron chi connectivity index (χ3n) is 2.76. The van der Waals surface area contributed by atoms with Crippen molar-refractivity contribution in [1.82, 2.24) is 5.43 Å². The molecule has 0 amide bonds. The summed E-state index contributed by atoms with van der Waals surface area (Å²) in [5, 5.41) is 6.50. The first-order valence-electron chi connectivity index (χ1n) is 5.34. The lowest BCUT2D eigenvalue weighted by Gasteiger charge is -2.08. The van der Waals surface area contributed by atoms with Gasteiger partial charge >= 0.3 is 0 Å². The number of benzene rings is 1. The molecule has 1 N–H and O–H groups in total. The molecule has 1 aliphatic rings. The van der Waals surface area contributed by atoms with E-state index in [4.69, 9.17) is 0 Å². The van der Waals surface area contributed by atoms with E-state index in [0.29, 0.717) is 6.04 Å². The minimum Gasteiger partial charge on any atom is -0.302 e. The monoisotopic (exact) mass is 228 g/mol. The molecule has 1 atom stereocenters. The van der Waals surface area contributed by atoms with Crippen LogP contribution in [0.5, 0.6) is 0 Å². The first-order chi connectivity index (χ1) is 7.93. The Bertz CT molecular complexity index is 488. The highest BCUT2D eigenvalue weighted by atomic mass is 32.1. The van der Waals surface area contributed by atoms with Crippen molar-refractivity contribution in [1.29, 1.82) is 0 Å². The van der Waals surface area contributed by atoms with E-state index in [-0.39, 0.29) is 0 Å². The SMILES string of the molecule is c1ccc([C@H]2CC(c3cccs3)=NN2)cc1. The summed E-state index contributed by atoms with van der Waals surface area (Å²) in [6.07, 6.45) is 0.977. The van der Waals surface area contributed by atoms with Crippen LogP contribution in [0.25, 0.3) is 0 Å². The summed E-state index contributed by atoms with van der Waals surface area (Å²) in [5.74, 6) is 0. The zero-order valence-corrected chi connectivity index (χ0v) is 9.58. The van der Waals surface area contributed by atoms with Crippen molar-refractivity contribution >= 4 is 17.0 Å². The third kappa shape index (κ3) is 1.74. The second-order valence-corrected chi connectivity index (χ2v) is 4.78. The molecule has 3 rings (SSSR count). The number of nitrogens with one attached hydrogen (secondary N) is 1. The van der Waals surface area contributed by atoms with Crippen LogP contribution in [0.2, 0.25) is 0 Å². The van der Waals surface area contributed by atoms with Crippen LogP contribution in [0, 0.1) is 0 Å². The summed E-state index contributed by atoms with van der Waals surface area (Å²) in [6.45, 7) is 0. The van der Waals surface area contributed by atoms with Gasteiger partial charge in [-0.2, -0.15) is 5.10 Å². The Labute approximate surface area is 98.6 Å². The molecule has 1 aliphatic heterocycles. The molecule has 0 radical (unpaired) electrons. The highest BCUT2D eigenvalue weighted by Gasteiger charge is 2.21. The lowest BCUT2D eigenvalue weighted by Crippen LogP contribution is -2.09. The van der Waals surface area contributed by atoms with Crippen LogP contribution in [0.3, 0.4) is 0 Å². The van der Waals surface area contributed by atoms with Gasteiger partial charge in [-0.1, -0.05) is 36.4 Å². The number of hydrogen-bond acceptors (Lipinski definition) is 3. The number of hydrogen-bond donors (Lipinski definition) is 1. The lowest BCUT2D eigenvalue weighted by molar-refractivity contribution is 0.620. The van der Waals surface area contributed by atoms with E-state index < -0.39 is 0 Å². The second-order valence-electron chi connectivity index (χ2n) is 3.83. The van der Waals surface area contributed by atoms with E-state index in [2.05, 4.69) is 52.3 Å². The Morgan fingerprint density at radius 2 is 2.00 bits per heavy atom. The van der Waals surface area contributed by atoms with Crippen molar-refractivity contribution < 1.29 is 0 Å². The van der Waals surface area contributed by atoms with E-state index >= 15 is 0 Å². The fraction of sp³-hybridized carbons (Fsp3) is 0.154. The Kier molecular flexibility index (Phi) is 2.46. The van der Waals surface area contributed by atoms with Crippen molar-refractivity contribution in [2.24, 2.45) is 5.10 Å². The van der Waals surface area contributed by atoms with Gasteiger partial charge in [0.1, 0.15) is 0 Å². The standard InChI is InChI=1S/C13H12N2S/c1-2-5-10(6-3-1)11-9-12(15-14-11)13-7-4-8-16-13/h1-8,11,14H,9H2/t11-/m1/s1. The summed E-state index contributed by atoms with van der Waals surface area (Å²) in [7, 11) is 0. The number of nitrogens with zero attached hydrogens (tertiary/aromatic N) is 1. The van der Waals surface area contributed by atoms with Gasteiger partial charge in [0.25, 0.3) is 0 Å². The molecular formula is C13H12N2S. The zero-order chi connectivity index (χ0) is 10.8. The van der Waals surface area contributed by atoms with Crippen LogP contribution < -0.4 is 5.43 Å². The number of hydrazone groups is 1. The highest BCUT2D eigenvalue weighted by Crippen LogP contribution is 2.25. The summed E-state index contributed by atoms with van der Waals surface area (Å²) in [4.78, 5) is 1.27. The fourth-order valence-corrected chi connectivity index (χ4v) is 2.64. The van der Waals surface area contributed by atoms with E-state index in [1.54, 1.807) is 11.3 Å². The maximum Gasteiger partial charge on any atom is 0.0799 e. The van der Waals surface area contributed by atoms with Gasteiger partial charge in [-0.15, -0.1) is 11.3 Å². The molecule has 0 bridgehead atoms. The first-order valence-corrected chi connectivity index (χ1v) is 6.22. The quantitative estimate of drug-likeness (QED) is 0.838. The van der Waals surface area contributed by atoms with Crippen LogP contribution in [-0.2, 0) is 0 Å². The van der Waals surface area contributed by atoms with Crippen molar-refractivity contribution in [2.45, 2.75) is 12.5 Å². The van der Waals surface area contributed by atoms with Gasteiger partial charge < -0.3 is 5.43 Å². The zero-order valence-electron chi connectivity index (χ0n) is 8.76. The van der Waals surface area contributed by atoms with Gasteiger partial charge in [0.05, 0.1) is 16.6 Å². The second kappa shape index (κ2) is 4.10. The topological polar surface area (TPSA) is 24.4 Å². The minimum atomic E-state index is 0.332. The molecule has 1 aromatic carbocycles. The van der Waals surface area contributed by atoms with Gasteiger partial charge in [-0.25, -0.2) is 0 Å². The van der Waals surface area contributed by atoms with E-state index in [1.165, 1.54) is 16.2 Å². The summed E-state index contributed by atoms with van der Waals surface area (Å²) in [6, 6.07) is 15.0. The number of thiophene rings is 1. The van der Waals surface area contributed by atoms with E-state index in [9.17, 15) is 0 Å². The Morgan fingerprint density at radius 3 is 2.75 bits per heavy atom. The molecule has 3 heteroatoms. The highest BCUT2D eigenvalue weighted by molar-refractivity contribution is 7.12. The predicted octanol–water partition coefficient (Wildman–Crippen LogP) is 3.19. The molecule has 0 aliphatic carbocycles. The molecule has 0 fully saturated rings. The summed E-state index contributed by atoms with van der Waals surface area (Å²) >= 11 is 1.75. The van der Waals surface area contributed by atoms with Crippen LogP contribution in [0.15, 0.2) is 52.9 Å². The Balaban J connectivity index is 1.78. The van der Waals surface area contributed by atoms with Crippen LogP contribution in [0.1, 0.15) is 22.9 Å². The van der Waals surface area contributed by atoms with Crippen molar-refractivity contribution in [3.05, 3.63) is 58.3 Å². The average molecular weight is 228 g/mol. The van der Waals surface area contributed by atoms with Crippen molar-refractivity contribution in [2.75, 3.05) is 0 Å². The Hall–Kier alpha value is -1.61. The molecule has 0 unspecified atom stereocenters. The first kappa shape index (κ1) is 9.60. The van der Waals surface area contributed by atoms with Crippen LogP contribution >= 0.6 is 11.3 Å². The largest absolute Gasteiger partial charge is 0.302 e. The molecule has 0 saturated heterocycles. The smallest absolute Gasteiger partial charge is 0.0799 e. The predicted molar refractivity (Wildman–Crippen MR) is 67.8 cm³/mol. The summed E-state index contributed by atoms with van der Waals surface area (Å²) < 4.78 is 0. The molecule has 0 saturated carbocycles. The van der Waals surface area contributed by atoms with Crippen molar-refractivity contribution in [3.8, 4) is 0 Å². The Morgan fingerprint density at radius 1 is 1.12 bits per heavy atom. The summed E-state index contributed by atoms with van der Waals surface area (Å²) in [5.41, 5.74) is 5.68. The van der Waals surface area contributed by atoms with Crippen molar-refractivity contribution in [3.63, 3.8) is 0 Å². The molecule has 0 spiro atoms. The molecule has 80 valence electrons. The van der Waals surface area contributed by atoms with Gasteiger partial charge in [-0.05, 0) is 17.0 Å². The molecular weight excluding hydrogens is 216 g/mol. The van der Waals surface area contributed by atoms with Gasteiger partial charge in [0.2, 0.25) is 0 Å². The van der Waals surface area contributed by atoms with E-state index in [0.717, 1.165) is 6.42 Å². The van der Waals surface area contributed by atoms with Gasteiger partial charge in [-0.3, -0.25) is 0 Å². The molecule has 2 heterocycles. The fourth-order valence-electron chi connectivity index (χ4n) is 1.92. The van der Waals surface area contributed by atoms with Gasteiger partial charge in [0, 0.05) is 6.42 Å². The maximum absolute atomic E-state index is 4.41. The number of rotatable bonds is 2. The van der Waals surface area contributed by atoms with Gasteiger partial charge in [0.15, 0.2) is 0 Å². The maximum atomic E-state index is 4.41. The molecule has 16 heavy (non-hydrogen) atoms. The van der Waals surface area contributed by atoms with Crippen LogP contribution in [-0.4, -0.2) is 5.71 Å². The van der Waals surface area contributed by atoms with Crippen LogP contribution in [0.4, 0.5) is 0 Å². The molecule has 1 aromatic heterocycles. The normalized spacial score (nSPS) is 19.2. The third-order valence-corrected chi connectivity index (χ3v) is 3.68. The lowest BCUT2D eigenvalue weighted by atomic mass is 10.0.